The Bertz CT molecular complexity index is 641. The summed E-state index contributed by atoms with van der Waals surface area (Å²) in [4.78, 5) is 4.36. The van der Waals surface area contributed by atoms with Gasteiger partial charge >= 0.3 is 0 Å². The van der Waals surface area contributed by atoms with E-state index in [0.29, 0.717) is 12.6 Å². The van der Waals surface area contributed by atoms with Crippen LogP contribution in [0, 0.1) is 0 Å². The summed E-state index contributed by atoms with van der Waals surface area (Å²) >= 11 is 0. The van der Waals surface area contributed by atoms with Gasteiger partial charge in [0.25, 0.3) is 6.01 Å². The van der Waals surface area contributed by atoms with Gasteiger partial charge in [-0.15, -0.1) is 0 Å². The van der Waals surface area contributed by atoms with Crippen molar-refractivity contribution in [1.29, 1.82) is 0 Å². The number of anilines is 2. The van der Waals surface area contributed by atoms with Crippen molar-refractivity contribution in [2.45, 2.75) is 6.92 Å². The van der Waals surface area contributed by atoms with Crippen LogP contribution in [0.25, 0.3) is 11.1 Å². The third-order valence-corrected chi connectivity index (χ3v) is 2.71. The Morgan fingerprint density at radius 1 is 1.11 bits per heavy atom. The second kappa shape index (κ2) is 5.02. The number of para-hydroxylation sites is 2. The number of ether oxygens (including phenoxy) is 1. The molecule has 1 heterocycles. The molecule has 0 unspecified atom stereocenters. The summed E-state index contributed by atoms with van der Waals surface area (Å²) in [5.74, 6) is 0.852. The average molecular weight is 254 g/mol. The lowest BCUT2D eigenvalue weighted by Crippen LogP contribution is -1.93. The van der Waals surface area contributed by atoms with Crippen LogP contribution in [0.15, 0.2) is 52.9 Å². The van der Waals surface area contributed by atoms with Crippen LogP contribution in [-0.4, -0.2) is 11.6 Å². The largest absolute Gasteiger partial charge is 0.494 e. The smallest absolute Gasteiger partial charge is 0.300 e. The van der Waals surface area contributed by atoms with Gasteiger partial charge in [0.15, 0.2) is 5.58 Å². The van der Waals surface area contributed by atoms with E-state index in [-0.39, 0.29) is 0 Å². The predicted octanol–water partition coefficient (Wildman–Crippen LogP) is 3.97. The van der Waals surface area contributed by atoms with E-state index in [4.69, 9.17) is 9.15 Å². The van der Waals surface area contributed by atoms with Crippen molar-refractivity contribution in [2.75, 3.05) is 11.9 Å². The van der Waals surface area contributed by atoms with Crippen LogP contribution in [0.4, 0.5) is 11.7 Å². The molecule has 0 radical (unpaired) electrons. The molecule has 0 fully saturated rings. The van der Waals surface area contributed by atoms with Crippen molar-refractivity contribution in [3.8, 4) is 5.75 Å². The van der Waals surface area contributed by atoms with Crippen molar-refractivity contribution >= 4 is 22.8 Å². The maximum atomic E-state index is 5.60. The van der Waals surface area contributed by atoms with Gasteiger partial charge in [-0.25, -0.2) is 0 Å². The Labute approximate surface area is 111 Å². The van der Waals surface area contributed by atoms with E-state index < -0.39 is 0 Å². The van der Waals surface area contributed by atoms with Gasteiger partial charge in [0, 0.05) is 5.69 Å². The zero-order valence-corrected chi connectivity index (χ0v) is 10.6. The molecule has 0 spiro atoms. The van der Waals surface area contributed by atoms with Crippen LogP contribution in [-0.2, 0) is 0 Å². The lowest BCUT2D eigenvalue weighted by molar-refractivity contribution is 0.340. The fourth-order valence-electron chi connectivity index (χ4n) is 1.85. The molecule has 0 saturated carbocycles. The monoisotopic (exact) mass is 254 g/mol. The Kier molecular flexibility index (Phi) is 3.06. The fraction of sp³-hybridized carbons (Fsp3) is 0.133. The van der Waals surface area contributed by atoms with Crippen molar-refractivity contribution in [2.24, 2.45) is 0 Å². The molecule has 0 atom stereocenters. The van der Waals surface area contributed by atoms with Gasteiger partial charge in [-0.05, 0) is 43.3 Å². The number of rotatable bonds is 4. The number of hydrogen-bond acceptors (Lipinski definition) is 4. The van der Waals surface area contributed by atoms with Crippen LogP contribution in [0.5, 0.6) is 5.75 Å². The van der Waals surface area contributed by atoms with Crippen molar-refractivity contribution in [3.05, 3.63) is 48.5 Å². The van der Waals surface area contributed by atoms with E-state index in [1.54, 1.807) is 0 Å². The first-order valence-electron chi connectivity index (χ1n) is 6.20. The van der Waals surface area contributed by atoms with Crippen LogP contribution in [0.3, 0.4) is 0 Å². The van der Waals surface area contributed by atoms with Crippen LogP contribution in [0.2, 0.25) is 0 Å². The molecular formula is C15H14N2O2. The average Bonchev–Trinajstić information content (AvgIpc) is 2.83. The minimum absolute atomic E-state index is 0.491. The molecule has 0 aliphatic heterocycles. The third-order valence-electron chi connectivity index (χ3n) is 2.71. The van der Waals surface area contributed by atoms with Gasteiger partial charge in [0.2, 0.25) is 0 Å². The molecule has 0 saturated heterocycles. The van der Waals surface area contributed by atoms with Crippen molar-refractivity contribution in [3.63, 3.8) is 0 Å². The molecule has 0 aliphatic carbocycles. The van der Waals surface area contributed by atoms with Crippen molar-refractivity contribution < 1.29 is 9.15 Å². The third kappa shape index (κ3) is 2.52. The Hall–Kier alpha value is -2.49. The molecular weight excluding hydrogens is 240 g/mol. The highest BCUT2D eigenvalue weighted by Gasteiger charge is 2.04. The van der Waals surface area contributed by atoms with Crippen LogP contribution in [0.1, 0.15) is 6.92 Å². The summed E-state index contributed by atoms with van der Waals surface area (Å²) in [5.41, 5.74) is 2.53. The first-order chi connectivity index (χ1) is 9.35. The van der Waals surface area contributed by atoms with E-state index in [9.17, 15) is 0 Å². The number of benzene rings is 2. The molecule has 3 aromatic rings. The quantitative estimate of drug-likeness (QED) is 0.765. The molecule has 96 valence electrons. The van der Waals surface area contributed by atoms with Gasteiger partial charge in [0.05, 0.1) is 6.61 Å². The molecule has 0 aliphatic rings. The van der Waals surface area contributed by atoms with Crippen LogP contribution >= 0.6 is 0 Å². The highest BCUT2D eigenvalue weighted by molar-refractivity contribution is 5.75. The number of nitrogens with one attached hydrogen (secondary N) is 1. The summed E-state index contributed by atoms with van der Waals surface area (Å²) in [5, 5.41) is 3.13. The van der Waals surface area contributed by atoms with E-state index in [2.05, 4.69) is 10.3 Å². The summed E-state index contributed by atoms with van der Waals surface area (Å²) in [6.45, 7) is 2.63. The molecule has 0 bridgehead atoms. The summed E-state index contributed by atoms with van der Waals surface area (Å²) in [6.07, 6.45) is 0. The second-order valence-electron chi connectivity index (χ2n) is 4.07. The minimum Gasteiger partial charge on any atom is -0.494 e. The van der Waals surface area contributed by atoms with E-state index >= 15 is 0 Å². The van der Waals surface area contributed by atoms with Gasteiger partial charge in [-0.1, -0.05) is 12.1 Å². The van der Waals surface area contributed by atoms with E-state index in [1.165, 1.54) is 0 Å². The lowest BCUT2D eigenvalue weighted by atomic mass is 10.3. The lowest BCUT2D eigenvalue weighted by Gasteiger charge is -2.04. The first kappa shape index (κ1) is 11.6. The first-order valence-corrected chi connectivity index (χ1v) is 6.20. The zero-order valence-electron chi connectivity index (χ0n) is 10.6. The highest BCUT2D eigenvalue weighted by Crippen LogP contribution is 2.23. The Balaban J connectivity index is 1.80. The Morgan fingerprint density at radius 3 is 2.63 bits per heavy atom. The maximum Gasteiger partial charge on any atom is 0.300 e. The highest BCUT2D eigenvalue weighted by atomic mass is 16.5. The van der Waals surface area contributed by atoms with Gasteiger partial charge in [0.1, 0.15) is 11.3 Å². The van der Waals surface area contributed by atoms with Crippen LogP contribution < -0.4 is 10.1 Å². The van der Waals surface area contributed by atoms with Crippen molar-refractivity contribution in [1.82, 2.24) is 4.98 Å². The van der Waals surface area contributed by atoms with E-state index in [1.807, 2.05) is 55.5 Å². The number of aromatic nitrogens is 1. The second-order valence-corrected chi connectivity index (χ2v) is 4.07. The summed E-state index contributed by atoms with van der Waals surface area (Å²) in [7, 11) is 0. The number of fused-ring (bicyclic) bond motifs is 1. The standard InChI is InChI=1S/C15H14N2O2/c1-2-18-12-9-7-11(8-10-12)16-15-17-13-5-3-4-6-14(13)19-15/h3-10H,2H2,1H3,(H,16,17). The summed E-state index contributed by atoms with van der Waals surface area (Å²) < 4.78 is 11.0. The van der Waals surface area contributed by atoms with Gasteiger partial charge < -0.3 is 14.5 Å². The molecule has 0 amide bonds. The topological polar surface area (TPSA) is 47.3 Å². The normalized spacial score (nSPS) is 10.6. The van der Waals surface area contributed by atoms with Gasteiger partial charge in [-0.2, -0.15) is 4.98 Å². The fourth-order valence-corrected chi connectivity index (χ4v) is 1.85. The minimum atomic E-state index is 0.491. The SMILES string of the molecule is CCOc1ccc(Nc2nc3ccccc3o2)cc1. The molecule has 19 heavy (non-hydrogen) atoms. The predicted molar refractivity (Wildman–Crippen MR) is 74.9 cm³/mol. The molecule has 1 N–H and O–H groups in total. The molecule has 4 heteroatoms. The number of oxazole rings is 1. The maximum absolute atomic E-state index is 5.60. The van der Waals surface area contributed by atoms with E-state index in [0.717, 1.165) is 22.5 Å². The number of nitrogens with zero attached hydrogens (tertiary/aromatic N) is 1. The Morgan fingerprint density at radius 2 is 1.89 bits per heavy atom. The number of hydrogen-bond donors (Lipinski definition) is 1. The molecule has 1 aromatic heterocycles. The molecule has 3 rings (SSSR count). The van der Waals surface area contributed by atoms with Gasteiger partial charge in [-0.3, -0.25) is 0 Å². The summed E-state index contributed by atoms with van der Waals surface area (Å²) in [6, 6.07) is 15.8. The molecule has 2 aromatic carbocycles. The zero-order chi connectivity index (χ0) is 13.1. The molecule has 4 nitrogen and oxygen atoms in total.